The number of nitrogens with one attached hydrogen (secondary N) is 1. The van der Waals surface area contributed by atoms with E-state index in [9.17, 15) is 0 Å². The van der Waals surface area contributed by atoms with E-state index in [0.717, 1.165) is 6.54 Å². The van der Waals surface area contributed by atoms with Crippen LogP contribution >= 0.6 is 0 Å². The van der Waals surface area contributed by atoms with Crippen LogP contribution in [-0.2, 0) is 6.54 Å². The lowest BCUT2D eigenvalue weighted by molar-refractivity contribution is 0.264. The second-order valence-electron chi connectivity index (χ2n) is 5.66. The first-order valence-electron chi connectivity index (χ1n) is 7.29. The van der Waals surface area contributed by atoms with Gasteiger partial charge in [0.15, 0.2) is 0 Å². The van der Waals surface area contributed by atoms with E-state index in [4.69, 9.17) is 0 Å². The van der Waals surface area contributed by atoms with Gasteiger partial charge in [-0.2, -0.15) is 0 Å². The van der Waals surface area contributed by atoms with Gasteiger partial charge in [-0.15, -0.1) is 0 Å². The number of anilines is 1. The van der Waals surface area contributed by atoms with Crippen molar-refractivity contribution in [1.29, 1.82) is 0 Å². The first-order valence-corrected chi connectivity index (χ1v) is 7.29. The summed E-state index contributed by atoms with van der Waals surface area (Å²) in [6.45, 7) is 3.25. The highest BCUT2D eigenvalue weighted by molar-refractivity contribution is 5.46. The molecule has 0 atom stereocenters. The van der Waals surface area contributed by atoms with Gasteiger partial charge < -0.3 is 14.8 Å². The van der Waals surface area contributed by atoms with Crippen LogP contribution in [0.1, 0.15) is 18.4 Å². The third kappa shape index (κ3) is 3.39. The summed E-state index contributed by atoms with van der Waals surface area (Å²) in [4.78, 5) is 6.48. The Morgan fingerprint density at radius 2 is 2.15 bits per heavy atom. The average Bonchev–Trinajstić information content (AvgIpc) is 2.95. The maximum atomic E-state index is 4.08. The average molecular weight is 270 g/mol. The lowest BCUT2D eigenvalue weighted by Gasteiger charge is -2.30. The highest BCUT2D eigenvalue weighted by Gasteiger charge is 2.16. The fraction of sp³-hybridized carbons (Fsp3) is 0.438. The molecule has 3 rings (SSSR count). The Morgan fingerprint density at radius 1 is 1.30 bits per heavy atom. The van der Waals surface area contributed by atoms with E-state index >= 15 is 0 Å². The molecule has 0 unspecified atom stereocenters. The van der Waals surface area contributed by atoms with Gasteiger partial charge in [0, 0.05) is 30.7 Å². The van der Waals surface area contributed by atoms with Crippen molar-refractivity contribution in [2.45, 2.75) is 25.4 Å². The van der Waals surface area contributed by atoms with E-state index < -0.39 is 0 Å². The third-order valence-corrected chi connectivity index (χ3v) is 3.94. The summed E-state index contributed by atoms with van der Waals surface area (Å²) in [5.41, 5.74) is 2.54. The molecular weight excluding hydrogens is 248 g/mol. The summed E-state index contributed by atoms with van der Waals surface area (Å²) in [7, 11) is 2.20. The molecule has 0 amide bonds. The van der Waals surface area contributed by atoms with Gasteiger partial charge in [0.1, 0.15) is 0 Å². The molecule has 0 spiro atoms. The van der Waals surface area contributed by atoms with E-state index in [0.29, 0.717) is 6.04 Å². The maximum Gasteiger partial charge on any atom is 0.0949 e. The molecule has 1 aliphatic rings. The van der Waals surface area contributed by atoms with Crippen LogP contribution in [0.25, 0.3) is 0 Å². The molecule has 4 nitrogen and oxygen atoms in total. The van der Waals surface area contributed by atoms with Crippen molar-refractivity contribution in [3.63, 3.8) is 0 Å². The molecule has 106 valence electrons. The lowest BCUT2D eigenvalue weighted by Crippen LogP contribution is -2.36. The topological polar surface area (TPSA) is 33.1 Å². The van der Waals surface area contributed by atoms with Crippen molar-refractivity contribution in [1.82, 2.24) is 14.5 Å². The zero-order valence-electron chi connectivity index (χ0n) is 12.0. The molecular formula is C16H22N4. The fourth-order valence-electron chi connectivity index (χ4n) is 2.74. The highest BCUT2D eigenvalue weighted by atomic mass is 15.1. The number of nitrogens with zero attached hydrogens (tertiary/aromatic N) is 3. The minimum Gasteiger partial charge on any atom is -0.382 e. The Kier molecular flexibility index (Phi) is 4.02. The predicted octanol–water partition coefficient (Wildman–Crippen LogP) is 2.44. The van der Waals surface area contributed by atoms with Gasteiger partial charge in [0.2, 0.25) is 0 Å². The number of hydrogen-bond acceptors (Lipinski definition) is 3. The molecule has 1 aromatic heterocycles. The van der Waals surface area contributed by atoms with Crippen molar-refractivity contribution in [2.75, 3.05) is 25.5 Å². The van der Waals surface area contributed by atoms with E-state index in [1.807, 2.05) is 18.7 Å². The number of rotatable bonds is 4. The molecule has 1 aliphatic heterocycles. The van der Waals surface area contributed by atoms with Crippen molar-refractivity contribution in [3.05, 3.63) is 48.5 Å². The second-order valence-corrected chi connectivity index (χ2v) is 5.66. The smallest absolute Gasteiger partial charge is 0.0949 e. The molecule has 1 saturated heterocycles. The highest BCUT2D eigenvalue weighted by Crippen LogP contribution is 2.17. The lowest BCUT2D eigenvalue weighted by atomic mass is 10.0. The molecule has 4 heteroatoms. The van der Waals surface area contributed by atoms with Crippen LogP contribution in [0, 0.1) is 0 Å². The molecule has 0 saturated carbocycles. The van der Waals surface area contributed by atoms with Crippen LogP contribution < -0.4 is 5.32 Å². The molecule has 1 aromatic carbocycles. The first-order chi connectivity index (χ1) is 9.79. The van der Waals surface area contributed by atoms with Gasteiger partial charge in [-0.05, 0) is 50.7 Å². The number of likely N-dealkylation sites (tertiary alicyclic amines) is 1. The summed E-state index contributed by atoms with van der Waals surface area (Å²) >= 11 is 0. The number of piperidine rings is 1. The number of aromatic nitrogens is 2. The van der Waals surface area contributed by atoms with Gasteiger partial charge >= 0.3 is 0 Å². The van der Waals surface area contributed by atoms with Crippen LogP contribution in [0.2, 0.25) is 0 Å². The summed E-state index contributed by atoms with van der Waals surface area (Å²) in [6.07, 6.45) is 8.12. The maximum absolute atomic E-state index is 4.08. The van der Waals surface area contributed by atoms with Crippen LogP contribution in [0.3, 0.4) is 0 Å². The van der Waals surface area contributed by atoms with E-state index in [1.165, 1.54) is 37.2 Å². The largest absolute Gasteiger partial charge is 0.382 e. The summed E-state index contributed by atoms with van der Waals surface area (Å²) in [6, 6.07) is 9.31. The number of hydrogen-bond donors (Lipinski definition) is 1. The molecule has 1 fully saturated rings. The molecule has 2 heterocycles. The summed E-state index contributed by atoms with van der Waals surface area (Å²) in [5, 5.41) is 3.67. The summed E-state index contributed by atoms with van der Waals surface area (Å²) in [5.74, 6) is 0. The van der Waals surface area contributed by atoms with Crippen molar-refractivity contribution < 1.29 is 0 Å². The molecule has 0 bridgehead atoms. The van der Waals surface area contributed by atoms with Crippen molar-refractivity contribution in [2.24, 2.45) is 0 Å². The van der Waals surface area contributed by atoms with Crippen LogP contribution in [0.4, 0.5) is 5.69 Å². The van der Waals surface area contributed by atoms with Gasteiger partial charge in [-0.1, -0.05) is 12.1 Å². The zero-order valence-corrected chi connectivity index (χ0v) is 12.0. The standard InChI is InChI=1S/C16H22N4/c1-19-8-5-15(6-9-19)18-16-4-2-3-14(11-16)12-20-10-7-17-13-20/h2-4,7,10-11,13,15,18H,5-6,8-9,12H2,1H3. The van der Waals surface area contributed by atoms with Gasteiger partial charge in [0.25, 0.3) is 0 Å². The SMILES string of the molecule is CN1CCC(Nc2cccc(Cn3ccnc3)c2)CC1. The first kappa shape index (κ1) is 13.2. The number of benzene rings is 1. The van der Waals surface area contributed by atoms with E-state index in [-0.39, 0.29) is 0 Å². The quantitative estimate of drug-likeness (QED) is 0.926. The fourth-order valence-corrected chi connectivity index (χ4v) is 2.74. The van der Waals surface area contributed by atoms with Crippen LogP contribution in [-0.4, -0.2) is 40.6 Å². The predicted molar refractivity (Wildman–Crippen MR) is 81.9 cm³/mol. The minimum absolute atomic E-state index is 0.606. The molecule has 0 aliphatic carbocycles. The van der Waals surface area contributed by atoms with Gasteiger partial charge in [0.05, 0.1) is 6.33 Å². The Morgan fingerprint density at radius 3 is 2.90 bits per heavy atom. The van der Waals surface area contributed by atoms with Gasteiger partial charge in [-0.3, -0.25) is 0 Å². The minimum atomic E-state index is 0.606. The van der Waals surface area contributed by atoms with Crippen molar-refractivity contribution in [3.8, 4) is 0 Å². The van der Waals surface area contributed by atoms with Gasteiger partial charge in [-0.25, -0.2) is 4.98 Å². The normalized spacial score (nSPS) is 17.2. The van der Waals surface area contributed by atoms with Crippen LogP contribution in [0.5, 0.6) is 0 Å². The summed E-state index contributed by atoms with van der Waals surface area (Å²) < 4.78 is 2.09. The Hall–Kier alpha value is -1.81. The van der Waals surface area contributed by atoms with Crippen molar-refractivity contribution >= 4 is 5.69 Å². The van der Waals surface area contributed by atoms with E-state index in [2.05, 4.69) is 51.1 Å². The molecule has 1 N–H and O–H groups in total. The number of imidazole rings is 1. The Bertz CT molecular complexity index is 527. The Labute approximate surface area is 120 Å². The zero-order chi connectivity index (χ0) is 13.8. The van der Waals surface area contributed by atoms with Crippen LogP contribution in [0.15, 0.2) is 43.0 Å². The second kappa shape index (κ2) is 6.09. The Balaban J connectivity index is 1.62. The molecule has 20 heavy (non-hydrogen) atoms. The molecule has 2 aromatic rings. The molecule has 0 radical (unpaired) electrons. The third-order valence-electron chi connectivity index (χ3n) is 3.94. The monoisotopic (exact) mass is 270 g/mol. The van der Waals surface area contributed by atoms with E-state index in [1.54, 1.807) is 0 Å².